The van der Waals surface area contributed by atoms with E-state index in [1.165, 1.54) is 19.4 Å². The van der Waals surface area contributed by atoms with Crippen molar-refractivity contribution in [1.82, 2.24) is 9.55 Å². The minimum Gasteiger partial charge on any atom is -0.481 e. The summed E-state index contributed by atoms with van der Waals surface area (Å²) < 4.78 is 6.91. The van der Waals surface area contributed by atoms with Crippen molar-refractivity contribution < 1.29 is 14.6 Å². The van der Waals surface area contributed by atoms with Gasteiger partial charge in [0.15, 0.2) is 5.43 Å². The van der Waals surface area contributed by atoms with Gasteiger partial charge in [0, 0.05) is 24.4 Å². The summed E-state index contributed by atoms with van der Waals surface area (Å²) >= 11 is 0. The van der Waals surface area contributed by atoms with Crippen molar-refractivity contribution in [2.24, 2.45) is 0 Å². The van der Waals surface area contributed by atoms with Gasteiger partial charge in [-0.2, -0.15) is 0 Å². The van der Waals surface area contributed by atoms with Crippen LogP contribution in [0.4, 0.5) is 0 Å². The second kappa shape index (κ2) is 4.73. The number of nitrogens with zero attached hydrogens (tertiary/aromatic N) is 2. The topological polar surface area (TPSA) is 81.4 Å². The average Bonchev–Trinajstić information content (AvgIpc) is 2.46. The van der Waals surface area contributed by atoms with Gasteiger partial charge in [-0.25, -0.2) is 9.78 Å². The molecule has 1 aliphatic heterocycles. The molecule has 0 amide bonds. The van der Waals surface area contributed by atoms with E-state index in [1.807, 2.05) is 13.0 Å². The summed E-state index contributed by atoms with van der Waals surface area (Å²) in [4.78, 5) is 27.5. The van der Waals surface area contributed by atoms with Crippen molar-refractivity contribution in [3.8, 4) is 17.3 Å². The predicted octanol–water partition coefficient (Wildman–Crippen LogP) is 1.73. The summed E-state index contributed by atoms with van der Waals surface area (Å²) in [5.74, 6) is -0.753. The minimum atomic E-state index is -1.22. The summed E-state index contributed by atoms with van der Waals surface area (Å²) in [6.07, 6.45) is 2.12. The highest BCUT2D eigenvalue weighted by Crippen LogP contribution is 2.33. The Labute approximate surface area is 120 Å². The van der Waals surface area contributed by atoms with Crippen LogP contribution in [0.15, 0.2) is 29.2 Å². The molecule has 0 saturated heterocycles. The number of pyridine rings is 2. The number of aromatic nitrogens is 2. The highest BCUT2D eigenvalue weighted by Gasteiger charge is 2.24. The first kappa shape index (κ1) is 13.4. The monoisotopic (exact) mass is 286 g/mol. The van der Waals surface area contributed by atoms with Gasteiger partial charge in [0.1, 0.15) is 5.56 Å². The molecule has 0 bridgehead atoms. The van der Waals surface area contributed by atoms with Crippen LogP contribution < -0.4 is 10.2 Å². The first-order valence-corrected chi connectivity index (χ1v) is 6.55. The van der Waals surface area contributed by atoms with Crippen molar-refractivity contribution in [2.45, 2.75) is 19.4 Å². The smallest absolute Gasteiger partial charge is 0.341 e. The van der Waals surface area contributed by atoms with E-state index < -0.39 is 11.4 Å². The Balaban J connectivity index is 2.28. The van der Waals surface area contributed by atoms with E-state index in [4.69, 9.17) is 9.84 Å². The predicted molar refractivity (Wildman–Crippen MR) is 75.9 cm³/mol. The van der Waals surface area contributed by atoms with Crippen LogP contribution in [-0.2, 0) is 6.42 Å². The van der Waals surface area contributed by atoms with E-state index in [9.17, 15) is 9.59 Å². The first-order chi connectivity index (χ1) is 10.0. The van der Waals surface area contributed by atoms with Crippen LogP contribution >= 0.6 is 0 Å². The van der Waals surface area contributed by atoms with Crippen molar-refractivity contribution in [2.75, 3.05) is 7.11 Å². The summed E-state index contributed by atoms with van der Waals surface area (Å²) in [7, 11) is 1.53. The summed E-state index contributed by atoms with van der Waals surface area (Å²) in [5.41, 5.74) is 1.57. The van der Waals surface area contributed by atoms with Crippen molar-refractivity contribution >= 4 is 5.97 Å². The van der Waals surface area contributed by atoms with Gasteiger partial charge in [-0.15, -0.1) is 0 Å². The van der Waals surface area contributed by atoms with E-state index in [-0.39, 0.29) is 11.6 Å². The molecule has 0 saturated carbocycles. The fourth-order valence-electron chi connectivity index (χ4n) is 2.65. The number of rotatable bonds is 2. The number of carboxylic acid groups (broad SMARTS) is 1. The standard InChI is InChI=1S/C15H14N2O4/c1-8-5-9-3-4-13(21-2)16-14(9)11-6-12(18)10(15(19)20)7-17(8)11/h3-4,6-8H,5H2,1-2H3,(H,19,20)/t8-/m0/s1. The van der Waals surface area contributed by atoms with E-state index in [0.29, 0.717) is 17.3 Å². The molecule has 108 valence electrons. The molecule has 0 fully saturated rings. The Hall–Kier alpha value is -2.63. The normalized spacial score (nSPS) is 16.0. The third-order valence-electron chi connectivity index (χ3n) is 3.71. The van der Waals surface area contributed by atoms with Gasteiger partial charge in [0.05, 0.1) is 18.5 Å². The van der Waals surface area contributed by atoms with Crippen LogP contribution in [-0.4, -0.2) is 27.7 Å². The molecule has 3 rings (SSSR count). The molecule has 6 heteroatoms. The van der Waals surface area contributed by atoms with Gasteiger partial charge in [-0.3, -0.25) is 4.79 Å². The van der Waals surface area contributed by atoms with Gasteiger partial charge >= 0.3 is 5.97 Å². The zero-order chi connectivity index (χ0) is 15.1. The third kappa shape index (κ3) is 2.08. The average molecular weight is 286 g/mol. The molecule has 0 aliphatic carbocycles. The van der Waals surface area contributed by atoms with Gasteiger partial charge < -0.3 is 14.4 Å². The highest BCUT2D eigenvalue weighted by atomic mass is 16.5. The molecule has 1 atom stereocenters. The van der Waals surface area contributed by atoms with Crippen LogP contribution in [0.3, 0.4) is 0 Å². The van der Waals surface area contributed by atoms with Crippen LogP contribution in [0.5, 0.6) is 5.88 Å². The SMILES string of the molecule is COc1ccc2c(n1)-c1cc(=O)c(C(=O)O)cn1[C@@H](C)C2. The Bertz CT molecular complexity index is 795. The number of ether oxygens (including phenoxy) is 1. The molecule has 2 aromatic rings. The van der Waals surface area contributed by atoms with E-state index in [0.717, 1.165) is 12.0 Å². The number of hydrogen-bond donors (Lipinski definition) is 1. The maximum absolute atomic E-state index is 12.0. The summed E-state index contributed by atoms with van der Waals surface area (Å²) in [6.45, 7) is 1.98. The largest absolute Gasteiger partial charge is 0.481 e. The quantitative estimate of drug-likeness (QED) is 0.909. The lowest BCUT2D eigenvalue weighted by atomic mass is 9.97. The maximum atomic E-state index is 12.0. The molecule has 0 radical (unpaired) electrons. The lowest BCUT2D eigenvalue weighted by Crippen LogP contribution is -2.24. The highest BCUT2D eigenvalue weighted by molar-refractivity contribution is 5.87. The molecule has 3 heterocycles. The molecular weight excluding hydrogens is 272 g/mol. The molecule has 21 heavy (non-hydrogen) atoms. The Morgan fingerprint density at radius 3 is 2.90 bits per heavy atom. The molecule has 6 nitrogen and oxygen atoms in total. The van der Waals surface area contributed by atoms with E-state index >= 15 is 0 Å². The number of aromatic carboxylic acids is 1. The van der Waals surface area contributed by atoms with Gasteiger partial charge in [0.25, 0.3) is 0 Å². The molecule has 0 spiro atoms. The number of methoxy groups -OCH3 is 1. The third-order valence-corrected chi connectivity index (χ3v) is 3.71. The summed E-state index contributed by atoms with van der Waals surface area (Å²) in [6, 6.07) is 5.10. The van der Waals surface area contributed by atoms with Crippen LogP contribution in [0.2, 0.25) is 0 Å². The molecule has 2 aromatic heterocycles. The number of carbonyl (C=O) groups is 1. The lowest BCUT2D eigenvalue weighted by molar-refractivity contribution is 0.0694. The second-order valence-electron chi connectivity index (χ2n) is 5.06. The van der Waals surface area contributed by atoms with Crippen LogP contribution in [0, 0.1) is 0 Å². The number of fused-ring (bicyclic) bond motifs is 3. The molecule has 1 N–H and O–H groups in total. The molecule has 0 aromatic carbocycles. The molecular formula is C15H14N2O4. The Morgan fingerprint density at radius 1 is 1.48 bits per heavy atom. The van der Waals surface area contributed by atoms with Crippen molar-refractivity contribution in [3.63, 3.8) is 0 Å². The number of carboxylic acids is 1. The van der Waals surface area contributed by atoms with E-state index in [2.05, 4.69) is 4.98 Å². The minimum absolute atomic E-state index is 0.0568. The van der Waals surface area contributed by atoms with Crippen LogP contribution in [0.25, 0.3) is 11.4 Å². The summed E-state index contributed by atoms with van der Waals surface area (Å²) in [5, 5.41) is 9.08. The van der Waals surface area contributed by atoms with E-state index in [1.54, 1.807) is 10.6 Å². The van der Waals surface area contributed by atoms with Gasteiger partial charge in [-0.05, 0) is 18.9 Å². The van der Waals surface area contributed by atoms with Crippen LogP contribution in [0.1, 0.15) is 28.9 Å². The maximum Gasteiger partial charge on any atom is 0.341 e. The molecule has 1 aliphatic rings. The molecule has 0 unspecified atom stereocenters. The lowest BCUT2D eigenvalue weighted by Gasteiger charge is -2.27. The second-order valence-corrected chi connectivity index (χ2v) is 5.06. The first-order valence-electron chi connectivity index (χ1n) is 6.55. The fourth-order valence-corrected chi connectivity index (χ4v) is 2.65. The van der Waals surface area contributed by atoms with Crippen molar-refractivity contribution in [1.29, 1.82) is 0 Å². The van der Waals surface area contributed by atoms with Crippen molar-refractivity contribution in [3.05, 3.63) is 45.7 Å². The van der Waals surface area contributed by atoms with Gasteiger partial charge in [-0.1, -0.05) is 6.07 Å². The number of hydrogen-bond acceptors (Lipinski definition) is 4. The zero-order valence-electron chi connectivity index (χ0n) is 11.7. The fraction of sp³-hybridized carbons (Fsp3) is 0.267. The Morgan fingerprint density at radius 2 is 2.24 bits per heavy atom. The Kier molecular flexibility index (Phi) is 3.01. The van der Waals surface area contributed by atoms with Gasteiger partial charge in [0.2, 0.25) is 5.88 Å². The zero-order valence-corrected chi connectivity index (χ0v) is 11.7.